The number of carbonyl (C=O) groups is 1. The standard InChI is InChI=1S/C9H10ClF3N2O2S/c1-8(2,3)17-7(16)15-5-4(9(11,12)13)14-6(10)18-5/h1-3H3,(H,15,16). The summed E-state index contributed by atoms with van der Waals surface area (Å²) in [5.74, 6) is 0. The van der Waals surface area contributed by atoms with E-state index in [2.05, 4.69) is 4.98 Å². The lowest BCUT2D eigenvalue weighted by Crippen LogP contribution is -2.27. The fourth-order valence-electron chi connectivity index (χ4n) is 0.967. The molecule has 0 unspecified atom stereocenters. The molecule has 1 amide bonds. The van der Waals surface area contributed by atoms with Crippen molar-refractivity contribution in [3.05, 3.63) is 10.2 Å². The van der Waals surface area contributed by atoms with Gasteiger partial charge in [0, 0.05) is 0 Å². The van der Waals surface area contributed by atoms with Crippen LogP contribution in [0.2, 0.25) is 4.47 Å². The van der Waals surface area contributed by atoms with Gasteiger partial charge in [0.15, 0.2) is 10.2 Å². The average Bonchev–Trinajstić information content (AvgIpc) is 2.41. The second-order valence-electron chi connectivity index (χ2n) is 4.27. The third kappa shape index (κ3) is 4.34. The van der Waals surface area contributed by atoms with Crippen molar-refractivity contribution in [3.8, 4) is 0 Å². The van der Waals surface area contributed by atoms with Gasteiger partial charge in [-0.15, -0.1) is 0 Å². The third-order valence-corrected chi connectivity index (χ3v) is 2.56. The van der Waals surface area contributed by atoms with E-state index in [0.717, 1.165) is 0 Å². The zero-order chi connectivity index (χ0) is 14.1. The first-order valence-corrected chi connectivity index (χ1v) is 5.92. The van der Waals surface area contributed by atoms with Crippen molar-refractivity contribution in [2.24, 2.45) is 0 Å². The molecule has 1 heterocycles. The summed E-state index contributed by atoms with van der Waals surface area (Å²) in [5, 5.41) is 1.50. The third-order valence-electron chi connectivity index (χ3n) is 1.48. The average molecular weight is 303 g/mol. The predicted molar refractivity (Wildman–Crippen MR) is 62.0 cm³/mol. The molecule has 0 radical (unpaired) electrons. The highest BCUT2D eigenvalue weighted by Gasteiger charge is 2.38. The van der Waals surface area contributed by atoms with E-state index in [1.165, 1.54) is 0 Å². The second kappa shape index (κ2) is 4.93. The molecule has 4 nitrogen and oxygen atoms in total. The van der Waals surface area contributed by atoms with Gasteiger partial charge in [0.2, 0.25) is 0 Å². The number of rotatable bonds is 1. The van der Waals surface area contributed by atoms with Crippen molar-refractivity contribution >= 4 is 34.0 Å². The number of carbonyl (C=O) groups excluding carboxylic acids is 1. The maximum Gasteiger partial charge on any atom is 0.436 e. The Hall–Kier alpha value is -1.02. The van der Waals surface area contributed by atoms with E-state index in [0.29, 0.717) is 11.3 Å². The number of halogens is 4. The second-order valence-corrected chi connectivity index (χ2v) is 5.85. The lowest BCUT2D eigenvalue weighted by Gasteiger charge is -2.19. The molecule has 0 aliphatic carbocycles. The van der Waals surface area contributed by atoms with Gasteiger partial charge in [-0.25, -0.2) is 9.78 Å². The number of alkyl halides is 3. The highest BCUT2D eigenvalue weighted by atomic mass is 35.5. The van der Waals surface area contributed by atoms with Crippen LogP contribution in [0.1, 0.15) is 26.5 Å². The predicted octanol–water partition coefficient (Wildman–Crippen LogP) is 4.16. The van der Waals surface area contributed by atoms with Crippen LogP contribution in [0.3, 0.4) is 0 Å². The summed E-state index contributed by atoms with van der Waals surface area (Å²) in [7, 11) is 0. The molecule has 1 N–H and O–H groups in total. The van der Waals surface area contributed by atoms with E-state index >= 15 is 0 Å². The van der Waals surface area contributed by atoms with Crippen molar-refractivity contribution < 1.29 is 22.7 Å². The Morgan fingerprint density at radius 3 is 2.39 bits per heavy atom. The highest BCUT2D eigenvalue weighted by molar-refractivity contribution is 7.19. The molecule has 0 spiro atoms. The number of hydrogen-bond donors (Lipinski definition) is 1. The van der Waals surface area contributed by atoms with Gasteiger partial charge in [-0.2, -0.15) is 13.2 Å². The summed E-state index contributed by atoms with van der Waals surface area (Å²) in [6.07, 6.45) is -5.68. The van der Waals surface area contributed by atoms with E-state index < -0.39 is 28.6 Å². The topological polar surface area (TPSA) is 51.2 Å². The van der Waals surface area contributed by atoms with Gasteiger partial charge >= 0.3 is 12.3 Å². The van der Waals surface area contributed by atoms with Crippen LogP contribution < -0.4 is 5.32 Å². The molecule has 0 aromatic carbocycles. The monoisotopic (exact) mass is 302 g/mol. The van der Waals surface area contributed by atoms with Crippen LogP contribution in [0.15, 0.2) is 0 Å². The summed E-state index contributed by atoms with van der Waals surface area (Å²) in [4.78, 5) is 14.5. The van der Waals surface area contributed by atoms with Crippen LogP contribution in [0, 0.1) is 0 Å². The molecule has 102 valence electrons. The van der Waals surface area contributed by atoms with E-state index in [1.54, 1.807) is 20.8 Å². The molecule has 0 bridgehead atoms. The number of amides is 1. The molecule has 0 fully saturated rings. The minimum absolute atomic E-state index is 0.312. The summed E-state index contributed by atoms with van der Waals surface area (Å²) < 4.78 is 42.2. The van der Waals surface area contributed by atoms with Crippen molar-refractivity contribution in [3.63, 3.8) is 0 Å². The molecule has 18 heavy (non-hydrogen) atoms. The minimum Gasteiger partial charge on any atom is -0.444 e. The van der Waals surface area contributed by atoms with Crippen LogP contribution in [-0.2, 0) is 10.9 Å². The van der Waals surface area contributed by atoms with Gasteiger partial charge in [0.25, 0.3) is 0 Å². The van der Waals surface area contributed by atoms with Gasteiger partial charge in [-0.3, -0.25) is 5.32 Å². The molecular weight excluding hydrogens is 293 g/mol. The van der Waals surface area contributed by atoms with Gasteiger partial charge in [-0.1, -0.05) is 22.9 Å². The Labute approximate surface area is 110 Å². The summed E-state index contributed by atoms with van der Waals surface area (Å²) in [5.41, 5.74) is -2.04. The van der Waals surface area contributed by atoms with Gasteiger partial charge in [0.1, 0.15) is 10.6 Å². The quantitative estimate of drug-likeness (QED) is 0.847. The van der Waals surface area contributed by atoms with E-state index in [4.69, 9.17) is 16.3 Å². The first-order chi connectivity index (χ1) is 7.99. The number of nitrogens with zero attached hydrogens (tertiary/aromatic N) is 1. The summed E-state index contributed by atoms with van der Waals surface area (Å²) in [6.45, 7) is 4.78. The van der Waals surface area contributed by atoms with Crippen LogP contribution >= 0.6 is 22.9 Å². The number of aromatic nitrogens is 1. The van der Waals surface area contributed by atoms with Crippen molar-refractivity contribution in [1.29, 1.82) is 0 Å². The van der Waals surface area contributed by atoms with Crippen LogP contribution in [-0.4, -0.2) is 16.7 Å². The van der Waals surface area contributed by atoms with Crippen molar-refractivity contribution in [2.75, 3.05) is 5.32 Å². The van der Waals surface area contributed by atoms with E-state index in [9.17, 15) is 18.0 Å². The molecule has 0 aliphatic rings. The smallest absolute Gasteiger partial charge is 0.436 e. The number of thiazole rings is 1. The number of anilines is 1. The summed E-state index contributed by atoms with van der Waals surface area (Å²) >= 11 is 5.92. The summed E-state index contributed by atoms with van der Waals surface area (Å²) in [6, 6.07) is 0. The van der Waals surface area contributed by atoms with Gasteiger partial charge in [0.05, 0.1) is 0 Å². The first kappa shape index (κ1) is 15.0. The fourth-order valence-corrected chi connectivity index (χ4v) is 1.98. The SMILES string of the molecule is CC(C)(C)OC(=O)Nc1sc(Cl)nc1C(F)(F)F. The normalized spacial score (nSPS) is 12.4. The number of ether oxygens (including phenoxy) is 1. The van der Waals surface area contributed by atoms with Crippen LogP contribution in [0.5, 0.6) is 0 Å². The zero-order valence-electron chi connectivity index (χ0n) is 9.68. The lowest BCUT2D eigenvalue weighted by molar-refractivity contribution is -0.140. The zero-order valence-corrected chi connectivity index (χ0v) is 11.3. The number of nitrogens with one attached hydrogen (secondary N) is 1. The maximum absolute atomic E-state index is 12.5. The van der Waals surface area contributed by atoms with E-state index in [-0.39, 0.29) is 4.47 Å². The van der Waals surface area contributed by atoms with Gasteiger partial charge < -0.3 is 4.74 Å². The molecule has 9 heteroatoms. The van der Waals surface area contributed by atoms with Gasteiger partial charge in [-0.05, 0) is 20.8 Å². The number of hydrogen-bond acceptors (Lipinski definition) is 4. The fraction of sp³-hybridized carbons (Fsp3) is 0.556. The molecule has 0 atom stereocenters. The molecule has 1 rings (SSSR count). The lowest BCUT2D eigenvalue weighted by atomic mass is 10.2. The van der Waals surface area contributed by atoms with E-state index in [1.807, 2.05) is 5.32 Å². The minimum atomic E-state index is -4.69. The molecular formula is C9H10ClF3N2O2S. The van der Waals surface area contributed by atoms with Crippen molar-refractivity contribution in [1.82, 2.24) is 4.98 Å². The van der Waals surface area contributed by atoms with Crippen LogP contribution in [0.25, 0.3) is 0 Å². The van der Waals surface area contributed by atoms with Crippen LogP contribution in [0.4, 0.5) is 23.0 Å². The van der Waals surface area contributed by atoms with Crippen molar-refractivity contribution in [2.45, 2.75) is 32.5 Å². The molecule has 1 aromatic rings. The molecule has 1 aromatic heterocycles. The maximum atomic E-state index is 12.5. The molecule has 0 saturated heterocycles. The Kier molecular flexibility index (Phi) is 4.12. The Morgan fingerprint density at radius 2 is 1.94 bits per heavy atom. The Bertz CT molecular complexity index is 454. The molecule has 0 saturated carbocycles. The first-order valence-electron chi connectivity index (χ1n) is 4.72. The highest BCUT2D eigenvalue weighted by Crippen LogP contribution is 2.39. The molecule has 0 aliphatic heterocycles. The largest absolute Gasteiger partial charge is 0.444 e. The Morgan fingerprint density at radius 1 is 1.39 bits per heavy atom. The Balaban J connectivity index is 2.89.